The molecular formula is C66H93N3O7. The largest absolute Gasteiger partial charge is 0.508 e. The van der Waals surface area contributed by atoms with Crippen molar-refractivity contribution >= 4 is 17.3 Å². The first-order valence-electron chi connectivity index (χ1n) is 30.8. The summed E-state index contributed by atoms with van der Waals surface area (Å²) in [5.74, 6) is 2.49. The second kappa shape index (κ2) is 17.9. The molecule has 0 radical (unpaired) electrons. The lowest BCUT2D eigenvalue weighted by Crippen LogP contribution is -2.77. The number of phenols is 1. The number of ketones is 2. The van der Waals surface area contributed by atoms with Crippen LogP contribution in [-0.2, 0) is 26.3 Å². The van der Waals surface area contributed by atoms with Gasteiger partial charge in [0.1, 0.15) is 17.6 Å². The summed E-state index contributed by atoms with van der Waals surface area (Å²) in [6.07, 6.45) is 17.6. The van der Waals surface area contributed by atoms with Crippen LogP contribution in [-0.4, -0.2) is 81.1 Å². The molecule has 12 aliphatic rings. The Labute approximate surface area is 453 Å². The van der Waals surface area contributed by atoms with Gasteiger partial charge in [-0.1, -0.05) is 83.1 Å². The van der Waals surface area contributed by atoms with Gasteiger partial charge in [-0.15, -0.1) is 0 Å². The number of phenolic OH excluding ortho intramolecular Hbond substituents is 1. The van der Waals surface area contributed by atoms with E-state index in [1.54, 1.807) is 0 Å². The molecule has 20 atom stereocenters. The van der Waals surface area contributed by atoms with E-state index in [4.69, 9.17) is 10.5 Å². The predicted molar refractivity (Wildman–Crippen MR) is 296 cm³/mol. The molecule has 14 rings (SSSR count). The molecule has 2 aromatic rings. The first-order valence-corrected chi connectivity index (χ1v) is 30.8. The lowest BCUT2D eigenvalue weighted by molar-refractivity contribution is -0.244. The maximum atomic E-state index is 16.4. The van der Waals surface area contributed by atoms with Crippen LogP contribution in [0.2, 0.25) is 0 Å². The number of carbonyl (C=O) groups is 2. The number of ether oxygens (including phenoxy) is 1. The molecule has 10 aliphatic carbocycles. The van der Waals surface area contributed by atoms with Crippen molar-refractivity contribution in [3.8, 4) is 5.75 Å². The summed E-state index contributed by atoms with van der Waals surface area (Å²) < 4.78 is 6.95. The predicted octanol–water partition coefficient (Wildman–Crippen LogP) is 10.6. The number of β-amino-alcohol motifs (C(OH)–C–C–N with tert-alkyl or cyclic N) is 1. The number of benzene rings is 2. The zero-order chi connectivity index (χ0) is 53.2. The number of carbonyl (C=O) groups excluding carboxylic acids is 2. The quantitative estimate of drug-likeness (QED) is 0.0995. The molecule has 8 N–H and O–H groups in total. The highest BCUT2D eigenvalue weighted by Crippen LogP contribution is 2.82. The van der Waals surface area contributed by atoms with Gasteiger partial charge < -0.3 is 41.5 Å². The Morgan fingerprint density at radius 2 is 1.62 bits per heavy atom. The number of hydrogen-bond acceptors (Lipinski definition) is 10. The van der Waals surface area contributed by atoms with Crippen LogP contribution in [0.1, 0.15) is 192 Å². The summed E-state index contributed by atoms with van der Waals surface area (Å²) >= 11 is 0. The summed E-state index contributed by atoms with van der Waals surface area (Å²) in [6, 6.07) is 14.3. The van der Waals surface area contributed by atoms with E-state index in [9.17, 15) is 20.4 Å². The number of nitrogens with one attached hydrogen (secondary N) is 2. The highest BCUT2D eigenvalue weighted by molar-refractivity contribution is 6.01. The minimum atomic E-state index is -0.948. The third-order valence-electron chi connectivity index (χ3n) is 25.8. The molecule has 414 valence electrons. The molecule has 76 heavy (non-hydrogen) atoms. The summed E-state index contributed by atoms with van der Waals surface area (Å²) in [5, 5.41) is 57.2. The summed E-state index contributed by atoms with van der Waals surface area (Å²) in [7, 11) is 1.93. The van der Waals surface area contributed by atoms with Crippen LogP contribution in [0.25, 0.3) is 0 Å². The smallest absolute Gasteiger partial charge is 0.160 e. The van der Waals surface area contributed by atoms with Gasteiger partial charge in [-0.25, -0.2) is 0 Å². The van der Waals surface area contributed by atoms with Crippen molar-refractivity contribution in [2.24, 2.45) is 74.9 Å². The maximum Gasteiger partial charge on any atom is 0.160 e. The van der Waals surface area contributed by atoms with E-state index in [0.717, 1.165) is 119 Å². The number of aliphatic hydroxyl groups excluding tert-OH is 2. The van der Waals surface area contributed by atoms with E-state index in [1.165, 1.54) is 24.0 Å². The van der Waals surface area contributed by atoms with E-state index in [1.807, 2.05) is 32.2 Å². The number of nitrogen functional groups attached to an aromatic ring is 1. The lowest BCUT2D eigenvalue weighted by Gasteiger charge is -2.75. The molecule has 0 aromatic heterocycles. The average Bonchev–Trinajstić information content (AvgIpc) is 3.91. The van der Waals surface area contributed by atoms with E-state index < -0.39 is 49.9 Å². The Morgan fingerprint density at radius 3 is 2.38 bits per heavy atom. The van der Waals surface area contributed by atoms with Crippen LogP contribution in [0.15, 0.2) is 53.6 Å². The summed E-state index contributed by atoms with van der Waals surface area (Å²) in [6.45, 7) is 12.7. The number of Topliss-reactive ketones (excluding diaryl/α,β-unsaturated/α-hetero) is 2. The Kier molecular flexibility index (Phi) is 12.3. The number of fused-ring (bicyclic) bond motifs is 2. The number of nitrogens with two attached hydrogens (primary N) is 1. The number of aromatic hydroxyl groups is 1. The lowest BCUT2D eigenvalue weighted by atomic mass is 9.29. The molecule has 10 nitrogen and oxygen atoms in total. The van der Waals surface area contributed by atoms with Crippen molar-refractivity contribution in [1.82, 2.24) is 10.6 Å². The monoisotopic (exact) mass is 1040 g/mol. The van der Waals surface area contributed by atoms with Crippen LogP contribution in [0.3, 0.4) is 0 Å². The fourth-order valence-corrected chi connectivity index (χ4v) is 23.4. The summed E-state index contributed by atoms with van der Waals surface area (Å²) in [4.78, 5) is 32.6. The Hall–Kier alpha value is -3.12. The molecule has 8 saturated carbocycles. The van der Waals surface area contributed by atoms with E-state index in [2.05, 4.69) is 62.6 Å². The fraction of sp³-hybridized carbons (Fsp3) is 0.758. The Bertz CT molecular complexity index is 2700. The number of epoxide rings is 1. The van der Waals surface area contributed by atoms with Gasteiger partial charge in [0, 0.05) is 48.2 Å². The van der Waals surface area contributed by atoms with Crippen LogP contribution in [0.5, 0.6) is 5.75 Å². The normalized spacial score (nSPS) is 48.9. The standard InChI is InChI=1S/C66H93N3O7/c1-59(75)24-7-8-25-60(2)57-61(3)35-64(58(60)74,43-28-38(33-68-6)29-45(71)31-43)26-27-65(57,69-37-59)36-66-42(34-70)20-18-39-12-9-13-40-19-21-47(53(52(39)40)54-49(22-23-51(61)66)62(66,4)32-50(54)72)55(73)56-63(5,76-56)48-17-11-16-46(48)41-14-10-15-44(67)30-41/h10,14-15,28-31,39-40,42,46-48,51-53,55-57,68-71,73,75H,7-9,11-13,16-27,32-37,67H2,1-6H3. The van der Waals surface area contributed by atoms with Crippen molar-refractivity contribution in [1.29, 1.82) is 0 Å². The van der Waals surface area contributed by atoms with Crippen LogP contribution >= 0.6 is 0 Å². The fourth-order valence-electron chi connectivity index (χ4n) is 23.4. The Morgan fingerprint density at radius 1 is 0.855 bits per heavy atom. The van der Waals surface area contributed by atoms with Crippen LogP contribution in [0, 0.1) is 74.9 Å². The van der Waals surface area contributed by atoms with Crippen molar-refractivity contribution in [2.45, 2.75) is 216 Å². The first-order chi connectivity index (χ1) is 36.2. The minimum absolute atomic E-state index is 0.0383. The van der Waals surface area contributed by atoms with E-state index in [0.29, 0.717) is 68.2 Å². The van der Waals surface area contributed by atoms with E-state index in [-0.39, 0.29) is 59.8 Å². The molecule has 10 fully saturated rings. The van der Waals surface area contributed by atoms with Gasteiger partial charge in [0.2, 0.25) is 0 Å². The average molecular weight is 1040 g/mol. The van der Waals surface area contributed by atoms with Gasteiger partial charge in [-0.3, -0.25) is 9.59 Å². The van der Waals surface area contributed by atoms with Gasteiger partial charge in [0.25, 0.3) is 0 Å². The zero-order valence-electron chi connectivity index (χ0n) is 47.0. The second-order valence-electron chi connectivity index (χ2n) is 29.5. The molecule has 2 heterocycles. The highest BCUT2D eigenvalue weighted by atomic mass is 16.6. The Balaban J connectivity index is 0.971. The second-order valence-corrected chi connectivity index (χ2v) is 29.5. The molecule has 2 aromatic carbocycles. The molecule has 0 amide bonds. The highest BCUT2D eigenvalue weighted by Gasteiger charge is 2.81. The first kappa shape index (κ1) is 52.3. The van der Waals surface area contributed by atoms with Gasteiger partial charge in [-0.2, -0.15) is 0 Å². The van der Waals surface area contributed by atoms with E-state index >= 15 is 9.59 Å². The number of aliphatic hydroxyl groups is 3. The third-order valence-corrected chi connectivity index (χ3v) is 25.8. The van der Waals surface area contributed by atoms with Gasteiger partial charge >= 0.3 is 0 Å². The van der Waals surface area contributed by atoms with Gasteiger partial charge in [0.05, 0.1) is 22.7 Å². The molecule has 10 heteroatoms. The van der Waals surface area contributed by atoms with Crippen LogP contribution in [0.4, 0.5) is 5.69 Å². The molecule has 1 spiro atoms. The summed E-state index contributed by atoms with van der Waals surface area (Å²) in [5.41, 5.74) is 7.72. The van der Waals surface area contributed by atoms with Crippen molar-refractivity contribution in [3.05, 3.63) is 70.3 Å². The van der Waals surface area contributed by atoms with Crippen molar-refractivity contribution < 1.29 is 34.8 Å². The van der Waals surface area contributed by atoms with Crippen molar-refractivity contribution in [2.75, 3.05) is 25.9 Å². The van der Waals surface area contributed by atoms with Gasteiger partial charge in [0.15, 0.2) is 5.78 Å². The number of anilines is 1. The zero-order valence-corrected chi connectivity index (χ0v) is 47.0. The molecule has 2 aliphatic heterocycles. The third kappa shape index (κ3) is 7.22. The van der Waals surface area contributed by atoms with Crippen LogP contribution < -0.4 is 16.4 Å². The van der Waals surface area contributed by atoms with Gasteiger partial charge in [-0.05, 0) is 227 Å². The number of allylic oxidation sites excluding steroid dienone is 2. The van der Waals surface area contributed by atoms with Crippen molar-refractivity contribution in [3.63, 3.8) is 0 Å². The molecule has 20 unspecified atom stereocenters. The molecule has 2 saturated heterocycles. The molecule has 9 bridgehead atoms. The topological polar surface area (TPSA) is 178 Å². The molecular weight excluding hydrogens is 947 g/mol. The SMILES string of the molecule is CNCc1cc(O)cc(C23CCC45CC67C(CO)CCC8CCCC9CCC(C(O)C%10OC%10(C)C%10CCCC%10c%10cccc(N)c%10)C(C%10=C(CCC6C(C)(C2)C4C(C)(CCCCC(C)(O)CN5)C3=O)C7(C)CC%10=O)C98)c1. The maximum absolute atomic E-state index is 16.4. The number of rotatable bonds is 8. The number of hydrogen-bond donors (Lipinski definition) is 7. The minimum Gasteiger partial charge on any atom is -0.508 e.